The zero-order valence-electron chi connectivity index (χ0n) is 12.8. The van der Waals surface area contributed by atoms with Crippen LogP contribution in [0.15, 0.2) is 28.8 Å². The van der Waals surface area contributed by atoms with Gasteiger partial charge in [0.15, 0.2) is 0 Å². The number of piperazine rings is 1. The molecule has 1 aromatic heterocycles. The monoisotopic (exact) mass is 337 g/mol. The van der Waals surface area contributed by atoms with Crippen LogP contribution < -0.4 is 0 Å². The third-order valence-electron chi connectivity index (χ3n) is 3.88. The molecule has 0 aliphatic carbocycles. The molecule has 122 valence electrons. The van der Waals surface area contributed by atoms with Crippen LogP contribution in [0.3, 0.4) is 0 Å². The molecule has 1 amide bonds. The molecule has 2 heterocycles. The maximum absolute atomic E-state index is 13.9. The van der Waals surface area contributed by atoms with E-state index in [9.17, 15) is 9.18 Å². The average Bonchev–Trinajstić information content (AvgIpc) is 2.92. The zero-order chi connectivity index (χ0) is 16.4. The third-order valence-corrected chi connectivity index (χ3v) is 4.12. The van der Waals surface area contributed by atoms with E-state index in [2.05, 4.69) is 10.1 Å². The highest BCUT2D eigenvalue weighted by atomic mass is 35.5. The van der Waals surface area contributed by atoms with Crippen molar-refractivity contribution in [2.75, 3.05) is 26.2 Å². The van der Waals surface area contributed by atoms with E-state index in [1.165, 1.54) is 12.1 Å². The minimum atomic E-state index is -0.581. The SMILES string of the molecule is Cc1cc(CN2CCN(C(=O)c3ccc(Cl)cc3F)CC2)no1. The van der Waals surface area contributed by atoms with Crippen molar-refractivity contribution in [3.8, 4) is 0 Å². The van der Waals surface area contributed by atoms with Crippen LogP contribution >= 0.6 is 11.6 Å². The summed E-state index contributed by atoms with van der Waals surface area (Å²) in [6.45, 7) is 5.08. The van der Waals surface area contributed by atoms with Crippen LogP contribution in [-0.2, 0) is 6.54 Å². The molecule has 3 rings (SSSR count). The van der Waals surface area contributed by atoms with Gasteiger partial charge in [-0.2, -0.15) is 0 Å². The van der Waals surface area contributed by atoms with Crippen molar-refractivity contribution in [1.29, 1.82) is 0 Å². The van der Waals surface area contributed by atoms with Gasteiger partial charge in [0.1, 0.15) is 11.6 Å². The van der Waals surface area contributed by atoms with Gasteiger partial charge in [-0.15, -0.1) is 0 Å². The van der Waals surface area contributed by atoms with Crippen molar-refractivity contribution in [2.45, 2.75) is 13.5 Å². The highest BCUT2D eigenvalue weighted by Gasteiger charge is 2.24. The van der Waals surface area contributed by atoms with E-state index < -0.39 is 5.82 Å². The van der Waals surface area contributed by atoms with Gasteiger partial charge < -0.3 is 9.42 Å². The second kappa shape index (κ2) is 6.68. The molecule has 23 heavy (non-hydrogen) atoms. The van der Waals surface area contributed by atoms with Crippen molar-refractivity contribution in [2.24, 2.45) is 0 Å². The minimum Gasteiger partial charge on any atom is -0.361 e. The average molecular weight is 338 g/mol. The first kappa shape index (κ1) is 16.0. The number of carbonyl (C=O) groups excluding carboxylic acids is 1. The Kier molecular flexibility index (Phi) is 4.63. The number of aromatic nitrogens is 1. The highest BCUT2D eigenvalue weighted by molar-refractivity contribution is 6.30. The quantitative estimate of drug-likeness (QED) is 0.864. The molecule has 1 aliphatic heterocycles. The maximum atomic E-state index is 13.9. The smallest absolute Gasteiger partial charge is 0.256 e. The number of halogens is 2. The number of amides is 1. The summed E-state index contributed by atoms with van der Waals surface area (Å²) >= 11 is 5.72. The molecule has 0 spiro atoms. The number of aryl methyl sites for hydroxylation is 1. The summed E-state index contributed by atoms with van der Waals surface area (Å²) in [6.07, 6.45) is 0. The molecule has 7 heteroatoms. The first-order chi connectivity index (χ1) is 11.0. The molecule has 1 aromatic carbocycles. The molecule has 0 saturated carbocycles. The lowest BCUT2D eigenvalue weighted by Crippen LogP contribution is -2.48. The highest BCUT2D eigenvalue weighted by Crippen LogP contribution is 2.17. The van der Waals surface area contributed by atoms with Gasteiger partial charge in [-0.3, -0.25) is 9.69 Å². The molecule has 1 saturated heterocycles. The fourth-order valence-corrected chi connectivity index (χ4v) is 2.82. The van der Waals surface area contributed by atoms with Gasteiger partial charge in [0.05, 0.1) is 11.3 Å². The van der Waals surface area contributed by atoms with E-state index in [0.29, 0.717) is 32.7 Å². The van der Waals surface area contributed by atoms with E-state index in [4.69, 9.17) is 16.1 Å². The lowest BCUT2D eigenvalue weighted by molar-refractivity contribution is 0.0621. The molecule has 0 unspecified atom stereocenters. The van der Waals surface area contributed by atoms with Gasteiger partial charge >= 0.3 is 0 Å². The van der Waals surface area contributed by atoms with Crippen molar-refractivity contribution < 1.29 is 13.7 Å². The summed E-state index contributed by atoms with van der Waals surface area (Å²) in [5.41, 5.74) is 0.945. The van der Waals surface area contributed by atoms with E-state index in [1.54, 1.807) is 4.90 Å². The Bertz CT molecular complexity index is 711. The number of nitrogens with zero attached hydrogens (tertiary/aromatic N) is 3. The van der Waals surface area contributed by atoms with Crippen molar-refractivity contribution >= 4 is 17.5 Å². The number of benzene rings is 1. The Labute approximate surface area is 138 Å². The predicted molar refractivity (Wildman–Crippen MR) is 83.8 cm³/mol. The van der Waals surface area contributed by atoms with Gasteiger partial charge in [-0.05, 0) is 25.1 Å². The van der Waals surface area contributed by atoms with E-state index in [1.807, 2.05) is 13.0 Å². The third kappa shape index (κ3) is 3.71. The summed E-state index contributed by atoms with van der Waals surface area (Å²) < 4.78 is 18.9. The van der Waals surface area contributed by atoms with E-state index in [-0.39, 0.29) is 16.5 Å². The van der Waals surface area contributed by atoms with Gasteiger partial charge in [0.25, 0.3) is 5.91 Å². The Morgan fingerprint density at radius 1 is 1.30 bits per heavy atom. The molecule has 1 fully saturated rings. The molecular weight excluding hydrogens is 321 g/mol. The Morgan fingerprint density at radius 3 is 2.65 bits per heavy atom. The number of carbonyl (C=O) groups is 1. The van der Waals surface area contributed by atoms with Gasteiger partial charge in [-0.1, -0.05) is 16.8 Å². The summed E-state index contributed by atoms with van der Waals surface area (Å²) in [5, 5.41) is 4.26. The van der Waals surface area contributed by atoms with E-state index >= 15 is 0 Å². The number of rotatable bonds is 3. The van der Waals surface area contributed by atoms with Crippen LogP contribution in [0.2, 0.25) is 5.02 Å². The van der Waals surface area contributed by atoms with Crippen LogP contribution in [0.1, 0.15) is 21.8 Å². The Hall–Kier alpha value is -1.92. The van der Waals surface area contributed by atoms with Crippen LogP contribution in [0, 0.1) is 12.7 Å². The summed E-state index contributed by atoms with van der Waals surface area (Å²) in [4.78, 5) is 16.3. The number of hydrogen-bond acceptors (Lipinski definition) is 4. The van der Waals surface area contributed by atoms with Crippen molar-refractivity contribution in [3.63, 3.8) is 0 Å². The Morgan fingerprint density at radius 2 is 2.04 bits per heavy atom. The molecular formula is C16H17ClFN3O2. The van der Waals surface area contributed by atoms with Crippen LogP contribution in [0.25, 0.3) is 0 Å². The van der Waals surface area contributed by atoms with Gasteiger partial charge in [0.2, 0.25) is 0 Å². The topological polar surface area (TPSA) is 49.6 Å². The normalized spacial score (nSPS) is 15.9. The molecule has 0 N–H and O–H groups in total. The maximum Gasteiger partial charge on any atom is 0.256 e. The van der Waals surface area contributed by atoms with Crippen LogP contribution in [-0.4, -0.2) is 47.0 Å². The second-order valence-corrected chi connectivity index (χ2v) is 6.06. The fourth-order valence-electron chi connectivity index (χ4n) is 2.66. The largest absolute Gasteiger partial charge is 0.361 e. The molecule has 0 atom stereocenters. The van der Waals surface area contributed by atoms with Gasteiger partial charge in [-0.25, -0.2) is 4.39 Å². The standard InChI is InChI=1S/C16H17ClFN3O2/c1-11-8-13(19-23-11)10-20-4-6-21(7-5-20)16(22)14-3-2-12(17)9-15(14)18/h2-3,8-9H,4-7,10H2,1H3. The van der Waals surface area contributed by atoms with Crippen LogP contribution in [0.4, 0.5) is 4.39 Å². The molecule has 0 bridgehead atoms. The Balaban J connectivity index is 1.59. The predicted octanol–water partition coefficient (Wildman–Crippen LogP) is 2.73. The number of hydrogen-bond donors (Lipinski definition) is 0. The summed E-state index contributed by atoms with van der Waals surface area (Å²) in [5.74, 6) is -0.0915. The van der Waals surface area contributed by atoms with Crippen LogP contribution in [0.5, 0.6) is 0 Å². The van der Waals surface area contributed by atoms with Crippen molar-refractivity contribution in [3.05, 3.63) is 52.1 Å². The summed E-state index contributed by atoms with van der Waals surface area (Å²) in [6, 6.07) is 6.03. The van der Waals surface area contributed by atoms with Crippen molar-refractivity contribution in [1.82, 2.24) is 15.0 Å². The molecule has 0 radical (unpaired) electrons. The van der Waals surface area contributed by atoms with E-state index in [0.717, 1.165) is 17.5 Å². The molecule has 2 aromatic rings. The molecule has 5 nitrogen and oxygen atoms in total. The fraction of sp³-hybridized carbons (Fsp3) is 0.375. The lowest BCUT2D eigenvalue weighted by Gasteiger charge is -2.34. The minimum absolute atomic E-state index is 0.0648. The summed E-state index contributed by atoms with van der Waals surface area (Å²) in [7, 11) is 0. The zero-order valence-corrected chi connectivity index (χ0v) is 13.5. The first-order valence-corrected chi connectivity index (χ1v) is 7.79. The second-order valence-electron chi connectivity index (χ2n) is 5.62. The molecule has 1 aliphatic rings. The lowest BCUT2D eigenvalue weighted by atomic mass is 10.1. The van der Waals surface area contributed by atoms with Gasteiger partial charge in [0, 0.05) is 43.8 Å². The first-order valence-electron chi connectivity index (χ1n) is 7.42.